The molecule has 2 fully saturated rings. The molecule has 1 aromatic heterocycles. The van der Waals surface area contributed by atoms with Crippen LogP contribution >= 0.6 is 0 Å². The van der Waals surface area contributed by atoms with Gasteiger partial charge in [0.1, 0.15) is 6.04 Å². The van der Waals surface area contributed by atoms with Crippen LogP contribution in [0.15, 0.2) is 4.42 Å². The lowest BCUT2D eigenvalue weighted by Crippen LogP contribution is -2.44. The van der Waals surface area contributed by atoms with Gasteiger partial charge in [0, 0.05) is 13.1 Å². The number of carbonyl (C=O) groups is 1. The molecule has 1 atom stereocenters. The first-order valence-corrected chi connectivity index (χ1v) is 8.17. The highest BCUT2D eigenvalue weighted by Gasteiger charge is 2.30. The number of nitrogens with zero attached hydrogens (tertiary/aromatic N) is 4. The summed E-state index contributed by atoms with van der Waals surface area (Å²) < 4.78 is 10.7. The Hall–Kier alpha value is -1.63. The van der Waals surface area contributed by atoms with Crippen molar-refractivity contribution in [3.05, 3.63) is 5.89 Å². The van der Waals surface area contributed by atoms with Crippen molar-refractivity contribution >= 4 is 12.0 Å². The number of hydrogen-bond acceptors (Lipinski definition) is 7. The monoisotopic (exact) mass is 308 g/mol. The summed E-state index contributed by atoms with van der Waals surface area (Å²) in [5, 5.41) is 8.31. The average Bonchev–Trinajstić information content (AvgIpc) is 3.04. The molecule has 7 nitrogen and oxygen atoms in total. The van der Waals surface area contributed by atoms with E-state index in [1.165, 1.54) is 26.4 Å². The Bertz CT molecular complexity index is 499. The second-order valence-corrected chi connectivity index (χ2v) is 6.03. The summed E-state index contributed by atoms with van der Waals surface area (Å²) in [6, 6.07) is 0.422. The van der Waals surface area contributed by atoms with Crippen molar-refractivity contribution in [1.29, 1.82) is 0 Å². The highest BCUT2D eigenvalue weighted by atomic mass is 16.5. The van der Waals surface area contributed by atoms with E-state index in [0.717, 1.165) is 38.9 Å². The Morgan fingerprint density at radius 3 is 2.73 bits per heavy atom. The minimum absolute atomic E-state index is 0.171. The van der Waals surface area contributed by atoms with E-state index in [1.807, 2.05) is 0 Å². The van der Waals surface area contributed by atoms with Crippen molar-refractivity contribution in [2.24, 2.45) is 0 Å². The van der Waals surface area contributed by atoms with Crippen LogP contribution in [0.25, 0.3) is 0 Å². The molecule has 0 bridgehead atoms. The standard InChI is InChI=1S/C15H24N4O3/c1-21-14(20)12-7-3-6-10-19(12)11-13-16-17-15(22-13)18-8-4-2-5-9-18/h12H,2-11H2,1H3/t12-/m0/s1. The summed E-state index contributed by atoms with van der Waals surface area (Å²) in [5.74, 6) is 0.409. The lowest BCUT2D eigenvalue weighted by molar-refractivity contribution is -0.148. The van der Waals surface area contributed by atoms with Crippen LogP contribution in [0.1, 0.15) is 44.4 Å². The molecule has 0 aromatic carbocycles. The first-order valence-electron chi connectivity index (χ1n) is 8.17. The number of rotatable bonds is 4. The quantitative estimate of drug-likeness (QED) is 0.782. The maximum Gasteiger partial charge on any atom is 0.323 e. The van der Waals surface area contributed by atoms with Gasteiger partial charge < -0.3 is 14.1 Å². The van der Waals surface area contributed by atoms with Gasteiger partial charge in [-0.05, 0) is 38.6 Å². The van der Waals surface area contributed by atoms with Crippen molar-refractivity contribution in [1.82, 2.24) is 15.1 Å². The first-order chi connectivity index (χ1) is 10.8. The third kappa shape index (κ3) is 3.40. The normalized spacial score (nSPS) is 23.5. The molecule has 3 heterocycles. The molecule has 0 aliphatic carbocycles. The average molecular weight is 308 g/mol. The third-order valence-corrected chi connectivity index (χ3v) is 4.51. The van der Waals surface area contributed by atoms with Crippen molar-refractivity contribution < 1.29 is 13.9 Å². The highest BCUT2D eigenvalue weighted by molar-refractivity contribution is 5.75. The first kappa shape index (κ1) is 15.3. The SMILES string of the molecule is COC(=O)[C@@H]1CCCCN1Cc1nnc(N2CCCCC2)o1. The molecule has 0 N–H and O–H groups in total. The van der Waals surface area contributed by atoms with Gasteiger partial charge in [-0.25, -0.2) is 0 Å². The second kappa shape index (κ2) is 7.09. The van der Waals surface area contributed by atoms with Gasteiger partial charge in [-0.1, -0.05) is 11.5 Å². The molecule has 0 saturated carbocycles. The van der Waals surface area contributed by atoms with Gasteiger partial charge >= 0.3 is 12.0 Å². The molecule has 22 heavy (non-hydrogen) atoms. The van der Waals surface area contributed by atoms with Crippen molar-refractivity contribution in [2.75, 3.05) is 31.6 Å². The largest absolute Gasteiger partial charge is 0.468 e. The zero-order chi connectivity index (χ0) is 15.4. The lowest BCUT2D eigenvalue weighted by Gasteiger charge is -2.32. The predicted molar refractivity (Wildman–Crippen MR) is 80.4 cm³/mol. The smallest absolute Gasteiger partial charge is 0.323 e. The van der Waals surface area contributed by atoms with Gasteiger partial charge in [-0.3, -0.25) is 9.69 Å². The predicted octanol–water partition coefficient (Wildman–Crippen LogP) is 1.59. The Kier molecular flexibility index (Phi) is 4.92. The molecule has 0 amide bonds. The van der Waals surface area contributed by atoms with E-state index >= 15 is 0 Å². The van der Waals surface area contributed by atoms with Gasteiger partial charge in [0.15, 0.2) is 0 Å². The maximum absolute atomic E-state index is 11.9. The van der Waals surface area contributed by atoms with Crippen molar-refractivity contribution in [3.8, 4) is 0 Å². The molecule has 122 valence electrons. The fraction of sp³-hybridized carbons (Fsp3) is 0.800. The Morgan fingerprint density at radius 1 is 1.18 bits per heavy atom. The van der Waals surface area contributed by atoms with E-state index in [4.69, 9.17) is 9.15 Å². The van der Waals surface area contributed by atoms with E-state index in [-0.39, 0.29) is 12.0 Å². The molecular weight excluding hydrogens is 284 g/mol. The number of ether oxygens (including phenoxy) is 1. The number of carbonyl (C=O) groups excluding carboxylic acids is 1. The van der Waals surface area contributed by atoms with Gasteiger partial charge in [0.2, 0.25) is 5.89 Å². The van der Waals surface area contributed by atoms with Crippen LogP contribution in [0.3, 0.4) is 0 Å². The summed E-state index contributed by atoms with van der Waals surface area (Å²) in [6.45, 7) is 3.34. The number of aromatic nitrogens is 2. The summed E-state index contributed by atoms with van der Waals surface area (Å²) >= 11 is 0. The van der Waals surface area contributed by atoms with E-state index in [0.29, 0.717) is 18.5 Å². The fourth-order valence-electron chi connectivity index (χ4n) is 3.28. The van der Waals surface area contributed by atoms with Crippen molar-refractivity contribution in [3.63, 3.8) is 0 Å². The van der Waals surface area contributed by atoms with Crippen LogP contribution in [-0.2, 0) is 16.1 Å². The Balaban J connectivity index is 1.64. The minimum atomic E-state index is -0.191. The van der Waals surface area contributed by atoms with E-state index in [9.17, 15) is 4.79 Å². The third-order valence-electron chi connectivity index (χ3n) is 4.51. The van der Waals surface area contributed by atoms with Gasteiger partial charge in [-0.2, -0.15) is 0 Å². The van der Waals surface area contributed by atoms with Crippen LogP contribution in [0.2, 0.25) is 0 Å². The molecule has 0 spiro atoms. The minimum Gasteiger partial charge on any atom is -0.468 e. The summed E-state index contributed by atoms with van der Waals surface area (Å²) in [6.07, 6.45) is 6.59. The van der Waals surface area contributed by atoms with Crippen LogP contribution in [0.4, 0.5) is 6.01 Å². The van der Waals surface area contributed by atoms with Gasteiger partial charge in [-0.15, -0.1) is 5.10 Å². The van der Waals surface area contributed by atoms with Crippen molar-refractivity contribution in [2.45, 2.75) is 51.1 Å². The maximum atomic E-state index is 11.9. The van der Waals surface area contributed by atoms with E-state index < -0.39 is 0 Å². The van der Waals surface area contributed by atoms with Crippen LogP contribution < -0.4 is 4.90 Å². The molecule has 2 aliphatic rings. The molecule has 2 saturated heterocycles. The van der Waals surface area contributed by atoms with Crippen LogP contribution in [-0.4, -0.2) is 53.9 Å². The fourth-order valence-corrected chi connectivity index (χ4v) is 3.28. The summed E-state index contributed by atoms with van der Waals surface area (Å²) in [7, 11) is 1.44. The highest BCUT2D eigenvalue weighted by Crippen LogP contribution is 2.22. The molecule has 2 aliphatic heterocycles. The summed E-state index contributed by atoms with van der Waals surface area (Å²) in [5.41, 5.74) is 0. The number of anilines is 1. The van der Waals surface area contributed by atoms with E-state index in [2.05, 4.69) is 20.0 Å². The molecule has 3 rings (SSSR count). The number of esters is 1. The van der Waals surface area contributed by atoms with Gasteiger partial charge in [0.05, 0.1) is 13.7 Å². The zero-order valence-electron chi connectivity index (χ0n) is 13.2. The van der Waals surface area contributed by atoms with E-state index in [1.54, 1.807) is 0 Å². The number of piperidine rings is 2. The Morgan fingerprint density at radius 2 is 1.95 bits per heavy atom. The second-order valence-electron chi connectivity index (χ2n) is 6.03. The Labute approximate surface area is 130 Å². The van der Waals surface area contributed by atoms with Gasteiger partial charge in [0.25, 0.3) is 0 Å². The topological polar surface area (TPSA) is 71.7 Å². The zero-order valence-corrected chi connectivity index (χ0v) is 13.2. The number of methoxy groups -OCH3 is 1. The summed E-state index contributed by atoms with van der Waals surface area (Å²) in [4.78, 5) is 16.1. The number of hydrogen-bond donors (Lipinski definition) is 0. The van der Waals surface area contributed by atoms with Crippen LogP contribution in [0.5, 0.6) is 0 Å². The number of likely N-dealkylation sites (tertiary alicyclic amines) is 1. The molecule has 0 radical (unpaired) electrons. The molecule has 0 unspecified atom stereocenters. The lowest BCUT2D eigenvalue weighted by atomic mass is 10.0. The molecule has 1 aromatic rings. The molecule has 7 heteroatoms. The molecular formula is C15H24N4O3. The van der Waals surface area contributed by atoms with Crippen LogP contribution in [0, 0.1) is 0 Å².